The zero-order chi connectivity index (χ0) is 16.5. The molecule has 0 spiro atoms. The Bertz CT molecular complexity index is 669. The molecule has 5 heteroatoms. The van der Waals surface area contributed by atoms with Crippen LogP contribution in [0.1, 0.15) is 18.1 Å². The zero-order valence-corrected chi connectivity index (χ0v) is 13.3. The molecule has 0 bridgehead atoms. The Kier molecular flexibility index (Phi) is 6.17. The Morgan fingerprint density at radius 2 is 1.96 bits per heavy atom. The second-order valence-electron chi connectivity index (χ2n) is 4.80. The van der Waals surface area contributed by atoms with Gasteiger partial charge >= 0.3 is 0 Å². The van der Waals surface area contributed by atoms with Crippen molar-refractivity contribution >= 4 is 12.1 Å². The molecular weight excluding hydrogens is 292 g/mol. The van der Waals surface area contributed by atoms with Gasteiger partial charge in [0.05, 0.1) is 26.4 Å². The Hall–Kier alpha value is -2.82. The van der Waals surface area contributed by atoms with Gasteiger partial charge in [-0.15, -0.1) is 0 Å². The number of hydrazone groups is 1. The van der Waals surface area contributed by atoms with Crippen molar-refractivity contribution in [3.05, 3.63) is 59.7 Å². The van der Waals surface area contributed by atoms with Crippen LogP contribution in [-0.4, -0.2) is 25.8 Å². The van der Waals surface area contributed by atoms with E-state index in [2.05, 4.69) is 10.5 Å². The van der Waals surface area contributed by atoms with Crippen LogP contribution in [0.15, 0.2) is 53.6 Å². The highest BCUT2D eigenvalue weighted by Gasteiger charge is 2.04. The van der Waals surface area contributed by atoms with Crippen LogP contribution < -0.4 is 14.9 Å². The molecule has 0 unspecified atom stereocenters. The monoisotopic (exact) mass is 312 g/mol. The molecule has 0 fully saturated rings. The minimum Gasteiger partial charge on any atom is -0.493 e. The van der Waals surface area contributed by atoms with Crippen molar-refractivity contribution in [2.75, 3.05) is 13.7 Å². The van der Waals surface area contributed by atoms with Crippen LogP contribution in [0.5, 0.6) is 11.5 Å². The number of amides is 1. The van der Waals surface area contributed by atoms with Crippen molar-refractivity contribution in [1.82, 2.24) is 5.43 Å². The molecule has 2 rings (SSSR count). The fourth-order valence-electron chi connectivity index (χ4n) is 2.04. The standard InChI is InChI=1S/C18H20N2O3/c1-3-23-17-11-15(9-10-16(17)22-2)13-19-20-18(21)12-14-7-5-4-6-8-14/h4-11,13H,3,12H2,1-2H3,(H,20,21)/b19-13+. The van der Waals surface area contributed by atoms with Gasteiger partial charge in [-0.1, -0.05) is 30.3 Å². The number of carbonyl (C=O) groups excluding carboxylic acids is 1. The predicted molar refractivity (Wildman–Crippen MR) is 90.0 cm³/mol. The van der Waals surface area contributed by atoms with Gasteiger partial charge in [-0.05, 0) is 36.2 Å². The lowest BCUT2D eigenvalue weighted by atomic mass is 10.1. The van der Waals surface area contributed by atoms with E-state index in [0.29, 0.717) is 24.5 Å². The van der Waals surface area contributed by atoms with Crippen molar-refractivity contribution in [1.29, 1.82) is 0 Å². The maximum Gasteiger partial charge on any atom is 0.244 e. The lowest BCUT2D eigenvalue weighted by Gasteiger charge is -2.09. The van der Waals surface area contributed by atoms with Crippen LogP contribution >= 0.6 is 0 Å². The summed E-state index contributed by atoms with van der Waals surface area (Å²) in [6, 6.07) is 15.0. The summed E-state index contributed by atoms with van der Waals surface area (Å²) in [6.07, 6.45) is 1.87. The van der Waals surface area contributed by atoms with Crippen LogP contribution in [0, 0.1) is 0 Å². The van der Waals surface area contributed by atoms with Gasteiger partial charge in [0.2, 0.25) is 5.91 Å². The van der Waals surface area contributed by atoms with E-state index in [1.165, 1.54) is 0 Å². The average Bonchev–Trinajstić information content (AvgIpc) is 2.56. The zero-order valence-electron chi connectivity index (χ0n) is 13.3. The quantitative estimate of drug-likeness (QED) is 0.632. The first-order chi connectivity index (χ1) is 11.2. The molecule has 1 amide bonds. The average molecular weight is 312 g/mol. The van der Waals surface area contributed by atoms with Gasteiger partial charge < -0.3 is 9.47 Å². The van der Waals surface area contributed by atoms with Crippen molar-refractivity contribution in [3.8, 4) is 11.5 Å². The molecule has 120 valence electrons. The fourth-order valence-corrected chi connectivity index (χ4v) is 2.04. The molecular formula is C18H20N2O3. The van der Waals surface area contributed by atoms with Gasteiger partial charge in [0.15, 0.2) is 11.5 Å². The minimum atomic E-state index is -0.161. The number of nitrogens with zero attached hydrogens (tertiary/aromatic N) is 1. The normalized spacial score (nSPS) is 10.5. The molecule has 2 aromatic rings. The number of nitrogens with one attached hydrogen (secondary N) is 1. The van der Waals surface area contributed by atoms with Crippen molar-refractivity contribution in [3.63, 3.8) is 0 Å². The molecule has 0 radical (unpaired) electrons. The highest BCUT2D eigenvalue weighted by Crippen LogP contribution is 2.27. The van der Waals surface area contributed by atoms with Crippen LogP contribution in [0.4, 0.5) is 0 Å². The molecule has 0 atom stereocenters. The first kappa shape index (κ1) is 16.5. The third-order valence-corrected chi connectivity index (χ3v) is 3.10. The highest BCUT2D eigenvalue weighted by atomic mass is 16.5. The molecule has 2 aromatic carbocycles. The number of rotatable bonds is 7. The lowest BCUT2D eigenvalue weighted by molar-refractivity contribution is -0.120. The van der Waals surface area contributed by atoms with Gasteiger partial charge in [-0.3, -0.25) is 4.79 Å². The second kappa shape index (κ2) is 8.58. The van der Waals surface area contributed by atoms with E-state index in [4.69, 9.17) is 9.47 Å². The van der Waals surface area contributed by atoms with Gasteiger partial charge in [0.1, 0.15) is 0 Å². The number of carbonyl (C=O) groups is 1. The highest BCUT2D eigenvalue weighted by molar-refractivity contribution is 5.84. The summed E-state index contributed by atoms with van der Waals surface area (Å²) in [5.41, 5.74) is 4.28. The van der Waals surface area contributed by atoms with Crippen LogP contribution in [0.25, 0.3) is 0 Å². The number of hydrogen-bond acceptors (Lipinski definition) is 4. The molecule has 1 N–H and O–H groups in total. The van der Waals surface area contributed by atoms with E-state index in [0.717, 1.165) is 11.1 Å². The summed E-state index contributed by atoms with van der Waals surface area (Å²) < 4.78 is 10.7. The molecule has 0 saturated heterocycles. The third-order valence-electron chi connectivity index (χ3n) is 3.10. The van der Waals surface area contributed by atoms with Crippen LogP contribution in [0.3, 0.4) is 0 Å². The summed E-state index contributed by atoms with van der Waals surface area (Å²) in [4.78, 5) is 11.8. The summed E-state index contributed by atoms with van der Waals surface area (Å²) in [5, 5.41) is 3.97. The van der Waals surface area contributed by atoms with Crippen molar-refractivity contribution in [2.24, 2.45) is 5.10 Å². The van der Waals surface area contributed by atoms with Gasteiger partial charge in [0, 0.05) is 0 Å². The Morgan fingerprint density at radius 1 is 1.17 bits per heavy atom. The van der Waals surface area contributed by atoms with E-state index in [-0.39, 0.29) is 5.91 Å². The Labute approximate surface area is 135 Å². The molecule has 5 nitrogen and oxygen atoms in total. The van der Waals surface area contributed by atoms with Gasteiger partial charge in [0.25, 0.3) is 0 Å². The number of hydrogen-bond donors (Lipinski definition) is 1. The number of benzene rings is 2. The first-order valence-corrected chi connectivity index (χ1v) is 7.39. The second-order valence-corrected chi connectivity index (χ2v) is 4.80. The van der Waals surface area contributed by atoms with Gasteiger partial charge in [-0.25, -0.2) is 5.43 Å². The van der Waals surface area contributed by atoms with Gasteiger partial charge in [-0.2, -0.15) is 5.10 Å². The molecule has 0 aromatic heterocycles. The van der Waals surface area contributed by atoms with E-state index < -0.39 is 0 Å². The smallest absolute Gasteiger partial charge is 0.244 e. The molecule has 0 saturated carbocycles. The van der Waals surface area contributed by atoms with E-state index >= 15 is 0 Å². The van der Waals surface area contributed by atoms with E-state index in [9.17, 15) is 4.79 Å². The van der Waals surface area contributed by atoms with E-state index in [1.807, 2.05) is 49.4 Å². The summed E-state index contributed by atoms with van der Waals surface area (Å²) in [7, 11) is 1.59. The first-order valence-electron chi connectivity index (χ1n) is 7.39. The minimum absolute atomic E-state index is 0.161. The maximum absolute atomic E-state index is 11.8. The summed E-state index contributed by atoms with van der Waals surface area (Å²) >= 11 is 0. The Balaban J connectivity index is 1.94. The largest absolute Gasteiger partial charge is 0.493 e. The number of ether oxygens (including phenoxy) is 2. The molecule has 23 heavy (non-hydrogen) atoms. The third kappa shape index (κ3) is 5.14. The van der Waals surface area contributed by atoms with Crippen LogP contribution in [-0.2, 0) is 11.2 Å². The summed E-state index contributed by atoms with van der Waals surface area (Å²) in [5.74, 6) is 1.15. The Morgan fingerprint density at radius 3 is 2.65 bits per heavy atom. The predicted octanol–water partition coefficient (Wildman–Crippen LogP) is 2.79. The van der Waals surface area contributed by atoms with Crippen molar-refractivity contribution in [2.45, 2.75) is 13.3 Å². The maximum atomic E-state index is 11.8. The van der Waals surface area contributed by atoms with Crippen LogP contribution in [0.2, 0.25) is 0 Å². The molecule has 0 aliphatic carbocycles. The lowest BCUT2D eigenvalue weighted by Crippen LogP contribution is -2.19. The number of methoxy groups -OCH3 is 1. The van der Waals surface area contributed by atoms with E-state index in [1.54, 1.807) is 19.4 Å². The molecule has 0 heterocycles. The van der Waals surface area contributed by atoms with Crippen molar-refractivity contribution < 1.29 is 14.3 Å². The molecule has 0 aliphatic heterocycles. The topological polar surface area (TPSA) is 59.9 Å². The summed E-state index contributed by atoms with van der Waals surface area (Å²) in [6.45, 7) is 2.45. The fraction of sp³-hybridized carbons (Fsp3) is 0.222. The molecule has 0 aliphatic rings. The SMILES string of the molecule is CCOc1cc(/C=N/NC(=O)Cc2ccccc2)ccc1OC.